The molecule has 152 valence electrons. The molecule has 5 heteroatoms. The number of rotatable bonds is 7. The molecule has 1 aliphatic carbocycles. The van der Waals surface area contributed by atoms with Crippen LogP contribution in [0.1, 0.15) is 11.1 Å². The van der Waals surface area contributed by atoms with Gasteiger partial charge in [0.2, 0.25) is 0 Å². The van der Waals surface area contributed by atoms with Crippen LogP contribution in [0.2, 0.25) is 0 Å². The third-order valence-electron chi connectivity index (χ3n) is 6.06. The van der Waals surface area contributed by atoms with E-state index >= 15 is 0 Å². The highest BCUT2D eigenvalue weighted by Gasteiger charge is 2.56. The van der Waals surface area contributed by atoms with Crippen LogP contribution >= 0.6 is 0 Å². The average Bonchev–Trinajstić information content (AvgIpc) is 3.30. The summed E-state index contributed by atoms with van der Waals surface area (Å²) in [4.78, 5) is 0. The predicted octanol–water partition coefficient (Wildman–Crippen LogP) is 3.08. The van der Waals surface area contributed by atoms with Gasteiger partial charge in [-0.15, -0.1) is 0 Å². The fourth-order valence-corrected chi connectivity index (χ4v) is 4.69. The smallest absolute Gasteiger partial charge is 0.165 e. The van der Waals surface area contributed by atoms with Gasteiger partial charge in [0.25, 0.3) is 0 Å². The molecule has 0 unspecified atom stereocenters. The Morgan fingerprint density at radius 2 is 1.62 bits per heavy atom. The molecule has 0 radical (unpaired) electrons. The molecule has 2 fully saturated rings. The monoisotopic (exact) mass is 394 g/mol. The molecule has 0 spiro atoms. The van der Waals surface area contributed by atoms with Crippen LogP contribution in [0.5, 0.6) is 0 Å². The van der Waals surface area contributed by atoms with Crippen LogP contribution in [0.3, 0.4) is 0 Å². The molecule has 0 aromatic heterocycles. The van der Waals surface area contributed by atoms with E-state index in [0.717, 1.165) is 16.7 Å². The fraction of sp³-hybridized carbons (Fsp3) is 0.417. The second kappa shape index (κ2) is 8.38. The van der Waals surface area contributed by atoms with E-state index in [0.29, 0.717) is 26.4 Å². The number of hydrogen-bond acceptors (Lipinski definition) is 5. The number of hydrogen-bond donors (Lipinski definition) is 1. The number of ether oxygens (including phenoxy) is 4. The van der Waals surface area contributed by atoms with Crippen molar-refractivity contribution in [2.75, 3.05) is 13.2 Å². The van der Waals surface area contributed by atoms with Crippen molar-refractivity contribution >= 4 is 0 Å². The summed E-state index contributed by atoms with van der Waals surface area (Å²) in [7, 11) is 0. The molecule has 0 amide bonds. The number of aliphatic hydroxyl groups excluding tert-OH is 1. The first-order chi connectivity index (χ1) is 14.3. The summed E-state index contributed by atoms with van der Waals surface area (Å²) in [6.07, 6.45) is 0.491. The van der Waals surface area contributed by atoms with Crippen molar-refractivity contribution in [2.45, 2.75) is 37.8 Å². The summed E-state index contributed by atoms with van der Waals surface area (Å²) in [5.74, 6) is -0.00330. The first-order valence-electron chi connectivity index (χ1n) is 10.2. The van der Waals surface area contributed by atoms with E-state index in [1.165, 1.54) is 0 Å². The van der Waals surface area contributed by atoms with Crippen LogP contribution in [0, 0.1) is 11.8 Å². The quantitative estimate of drug-likeness (QED) is 0.732. The maximum atomic E-state index is 10.7. The molecule has 0 saturated carbocycles. The predicted molar refractivity (Wildman–Crippen MR) is 107 cm³/mol. The van der Waals surface area contributed by atoms with Gasteiger partial charge >= 0.3 is 0 Å². The minimum Gasteiger partial charge on any atom is -0.389 e. The lowest BCUT2D eigenvalue weighted by molar-refractivity contribution is -0.265. The van der Waals surface area contributed by atoms with Gasteiger partial charge in [-0.1, -0.05) is 66.7 Å². The summed E-state index contributed by atoms with van der Waals surface area (Å²) in [5, 5.41) is 10.7. The van der Waals surface area contributed by atoms with Crippen LogP contribution in [-0.4, -0.2) is 42.9 Å². The lowest BCUT2D eigenvalue weighted by Crippen LogP contribution is -2.54. The maximum Gasteiger partial charge on any atom is 0.165 e. The van der Waals surface area contributed by atoms with E-state index in [1.54, 1.807) is 0 Å². The van der Waals surface area contributed by atoms with Gasteiger partial charge < -0.3 is 24.1 Å². The summed E-state index contributed by atoms with van der Waals surface area (Å²) >= 11 is 0. The zero-order valence-corrected chi connectivity index (χ0v) is 16.2. The summed E-state index contributed by atoms with van der Waals surface area (Å²) in [5.41, 5.74) is 3.34. The van der Waals surface area contributed by atoms with E-state index in [1.807, 2.05) is 66.7 Å². The second-order valence-electron chi connectivity index (χ2n) is 7.95. The Kier molecular flexibility index (Phi) is 5.48. The Morgan fingerprint density at radius 3 is 2.34 bits per heavy atom. The Labute approximate surface area is 170 Å². The van der Waals surface area contributed by atoms with Gasteiger partial charge in [-0.05, 0) is 16.7 Å². The van der Waals surface area contributed by atoms with Crippen molar-refractivity contribution in [3.8, 4) is 0 Å². The summed E-state index contributed by atoms with van der Waals surface area (Å²) in [6.45, 7) is 1.89. The van der Waals surface area contributed by atoms with Crippen LogP contribution in [0.15, 0.2) is 72.3 Å². The topological polar surface area (TPSA) is 57.2 Å². The molecule has 29 heavy (non-hydrogen) atoms. The Hall–Kier alpha value is -2.02. The minimum absolute atomic E-state index is 0.0659. The zero-order valence-electron chi connectivity index (χ0n) is 16.2. The third kappa shape index (κ3) is 3.89. The molecule has 2 saturated heterocycles. The van der Waals surface area contributed by atoms with Crippen molar-refractivity contribution in [1.82, 2.24) is 0 Å². The standard InChI is InChI=1S/C24H26O5/c25-19-11-18-14-28-24-21(18)22(19)23(27-13-17-9-5-2-6-10-17)20(29-24)15-26-12-16-7-3-1-4-8-16/h1-11,19-25H,12-15H2/t19-,20+,21+,22-,23+,24-/m0/s1. The lowest BCUT2D eigenvalue weighted by atomic mass is 9.81. The molecule has 2 aromatic rings. The maximum absolute atomic E-state index is 10.7. The molecule has 2 heterocycles. The molecular weight excluding hydrogens is 368 g/mol. The average molecular weight is 394 g/mol. The first kappa shape index (κ1) is 19.0. The highest BCUT2D eigenvalue weighted by Crippen LogP contribution is 2.48. The molecule has 6 atom stereocenters. The number of benzene rings is 2. The van der Waals surface area contributed by atoms with Crippen molar-refractivity contribution in [1.29, 1.82) is 0 Å². The number of aliphatic hydroxyl groups is 1. The van der Waals surface area contributed by atoms with Gasteiger partial charge in [0.15, 0.2) is 6.29 Å². The van der Waals surface area contributed by atoms with E-state index in [2.05, 4.69) is 0 Å². The minimum atomic E-state index is -0.539. The van der Waals surface area contributed by atoms with E-state index < -0.39 is 6.10 Å². The van der Waals surface area contributed by atoms with Gasteiger partial charge in [-0.25, -0.2) is 0 Å². The van der Waals surface area contributed by atoms with Crippen molar-refractivity contribution in [2.24, 2.45) is 11.8 Å². The first-order valence-corrected chi connectivity index (χ1v) is 10.2. The van der Waals surface area contributed by atoms with Crippen molar-refractivity contribution < 1.29 is 24.1 Å². The van der Waals surface area contributed by atoms with Gasteiger partial charge in [-0.2, -0.15) is 0 Å². The van der Waals surface area contributed by atoms with E-state index in [9.17, 15) is 5.11 Å². The van der Waals surface area contributed by atoms with E-state index in [-0.39, 0.29) is 30.3 Å². The Morgan fingerprint density at radius 1 is 0.931 bits per heavy atom. The molecule has 2 aromatic carbocycles. The molecule has 0 bridgehead atoms. The molecule has 2 aliphatic heterocycles. The van der Waals surface area contributed by atoms with Crippen LogP contribution in [0.4, 0.5) is 0 Å². The highest BCUT2D eigenvalue weighted by atomic mass is 16.7. The van der Waals surface area contributed by atoms with Gasteiger partial charge in [-0.3, -0.25) is 0 Å². The lowest BCUT2D eigenvalue weighted by Gasteiger charge is -2.43. The van der Waals surface area contributed by atoms with Gasteiger partial charge in [0, 0.05) is 11.8 Å². The Bertz CT molecular complexity index is 837. The largest absolute Gasteiger partial charge is 0.389 e. The highest BCUT2D eigenvalue weighted by molar-refractivity contribution is 5.26. The molecule has 3 aliphatic rings. The van der Waals surface area contributed by atoms with Crippen molar-refractivity contribution in [3.05, 3.63) is 83.4 Å². The van der Waals surface area contributed by atoms with Crippen LogP contribution < -0.4 is 0 Å². The second-order valence-corrected chi connectivity index (χ2v) is 7.95. The molecule has 5 rings (SSSR count). The van der Waals surface area contributed by atoms with Gasteiger partial charge in [0.05, 0.1) is 38.6 Å². The third-order valence-corrected chi connectivity index (χ3v) is 6.06. The summed E-state index contributed by atoms with van der Waals surface area (Å²) in [6, 6.07) is 20.2. The van der Waals surface area contributed by atoms with Crippen LogP contribution in [0.25, 0.3) is 0 Å². The van der Waals surface area contributed by atoms with Crippen molar-refractivity contribution in [3.63, 3.8) is 0 Å². The zero-order chi connectivity index (χ0) is 19.6. The normalized spacial score (nSPS) is 32.8. The fourth-order valence-electron chi connectivity index (χ4n) is 4.69. The summed E-state index contributed by atoms with van der Waals surface area (Å²) < 4.78 is 24.4. The Balaban J connectivity index is 1.30. The van der Waals surface area contributed by atoms with Gasteiger partial charge in [0.1, 0.15) is 6.10 Å². The van der Waals surface area contributed by atoms with E-state index in [4.69, 9.17) is 18.9 Å². The molecular formula is C24H26O5. The molecule has 1 N–H and O–H groups in total. The SMILES string of the molecule is O[C@H]1C=C2CO[C@H]3O[C@H](COCc4ccccc4)[C@@H](OCc4ccccc4)[C@@H]1[C@@H]23. The van der Waals surface area contributed by atoms with Crippen LogP contribution in [-0.2, 0) is 32.2 Å². The molecule has 5 nitrogen and oxygen atoms in total.